The highest BCUT2D eigenvalue weighted by Gasteiger charge is 2.37. The molecule has 0 spiro atoms. The number of fused-ring (bicyclic) bond motifs is 1. The van der Waals surface area contributed by atoms with Crippen LogP contribution in [0.15, 0.2) is 48.5 Å². The summed E-state index contributed by atoms with van der Waals surface area (Å²) in [5, 5.41) is 3.30. The van der Waals surface area contributed by atoms with Crippen molar-refractivity contribution in [3.05, 3.63) is 64.7 Å². The average Bonchev–Trinajstić information content (AvgIpc) is 2.61. The maximum absolute atomic E-state index is 13.3. The van der Waals surface area contributed by atoms with Crippen LogP contribution in [0.25, 0.3) is 0 Å². The molecule has 1 N–H and O–H groups in total. The van der Waals surface area contributed by atoms with Gasteiger partial charge in [0.25, 0.3) is 5.91 Å². The standard InChI is InChI=1S/C22H25ClN2O3/c1-14(15-8-6-5-7-9-15)25-19-13-17(23)11-10-16(19)12-18(20(25)26)24-21(27)28-22(2,3)4/h5-11,13-14,18H,12H2,1-4H3,(H,24,27)/t14-,18+/m0/s1. The zero-order chi connectivity index (χ0) is 20.5. The number of carbonyl (C=O) groups excluding carboxylic acids is 2. The third-order valence-corrected chi connectivity index (χ3v) is 4.86. The van der Waals surface area contributed by atoms with Gasteiger partial charge in [0.05, 0.1) is 6.04 Å². The zero-order valence-electron chi connectivity index (χ0n) is 16.5. The van der Waals surface area contributed by atoms with E-state index in [-0.39, 0.29) is 11.9 Å². The van der Waals surface area contributed by atoms with Gasteiger partial charge in [-0.05, 0) is 51.0 Å². The first kappa shape index (κ1) is 20.2. The summed E-state index contributed by atoms with van der Waals surface area (Å²) in [4.78, 5) is 27.3. The molecule has 6 heteroatoms. The van der Waals surface area contributed by atoms with Gasteiger partial charge in [-0.1, -0.05) is 48.0 Å². The van der Waals surface area contributed by atoms with Crippen LogP contribution in [0, 0.1) is 0 Å². The summed E-state index contributed by atoms with van der Waals surface area (Å²) >= 11 is 6.21. The molecule has 0 saturated heterocycles. The summed E-state index contributed by atoms with van der Waals surface area (Å²) in [5.41, 5.74) is 2.09. The number of hydrogen-bond donors (Lipinski definition) is 1. The molecule has 0 aromatic heterocycles. The highest BCUT2D eigenvalue weighted by atomic mass is 35.5. The second kappa shape index (κ2) is 7.84. The smallest absolute Gasteiger partial charge is 0.408 e. The Morgan fingerprint density at radius 3 is 2.54 bits per heavy atom. The van der Waals surface area contributed by atoms with Crippen molar-refractivity contribution < 1.29 is 14.3 Å². The molecular formula is C22H25ClN2O3. The van der Waals surface area contributed by atoms with Crippen molar-refractivity contribution in [1.82, 2.24) is 5.32 Å². The van der Waals surface area contributed by atoms with E-state index < -0.39 is 17.7 Å². The number of ether oxygens (including phenoxy) is 1. The van der Waals surface area contributed by atoms with Crippen molar-refractivity contribution in [1.29, 1.82) is 0 Å². The third kappa shape index (κ3) is 4.47. The van der Waals surface area contributed by atoms with Crippen LogP contribution in [-0.4, -0.2) is 23.6 Å². The van der Waals surface area contributed by atoms with Crippen LogP contribution in [-0.2, 0) is 16.0 Å². The minimum Gasteiger partial charge on any atom is -0.444 e. The van der Waals surface area contributed by atoms with Crippen LogP contribution >= 0.6 is 11.6 Å². The van der Waals surface area contributed by atoms with Crippen molar-refractivity contribution in [2.75, 3.05) is 4.90 Å². The molecule has 28 heavy (non-hydrogen) atoms. The first-order valence-corrected chi connectivity index (χ1v) is 9.69. The Hall–Kier alpha value is -2.53. The van der Waals surface area contributed by atoms with Gasteiger partial charge in [0, 0.05) is 17.1 Å². The Labute approximate surface area is 170 Å². The quantitative estimate of drug-likeness (QED) is 0.798. The number of nitrogens with zero attached hydrogens (tertiary/aromatic N) is 1. The van der Waals surface area contributed by atoms with E-state index in [2.05, 4.69) is 5.32 Å². The van der Waals surface area contributed by atoms with Crippen LogP contribution in [0.3, 0.4) is 0 Å². The Balaban J connectivity index is 1.94. The van der Waals surface area contributed by atoms with Gasteiger partial charge in [-0.15, -0.1) is 0 Å². The maximum atomic E-state index is 13.3. The van der Waals surface area contributed by atoms with Crippen LogP contribution in [0.1, 0.15) is 44.9 Å². The molecule has 2 aromatic carbocycles. The summed E-state index contributed by atoms with van der Waals surface area (Å²) in [6.07, 6.45) is -0.210. The van der Waals surface area contributed by atoms with E-state index in [0.29, 0.717) is 11.4 Å². The fraction of sp³-hybridized carbons (Fsp3) is 0.364. The molecule has 2 amide bonds. The molecule has 2 aromatic rings. The van der Waals surface area contributed by atoms with E-state index in [9.17, 15) is 9.59 Å². The largest absolute Gasteiger partial charge is 0.444 e. The number of alkyl carbamates (subject to hydrolysis) is 1. The number of halogens is 1. The average molecular weight is 401 g/mol. The molecule has 1 heterocycles. The summed E-state index contributed by atoms with van der Waals surface area (Å²) in [5.74, 6) is -0.183. The molecule has 2 atom stereocenters. The van der Waals surface area contributed by atoms with Crippen molar-refractivity contribution in [2.24, 2.45) is 0 Å². The summed E-state index contributed by atoms with van der Waals surface area (Å²) in [7, 11) is 0. The number of benzene rings is 2. The predicted molar refractivity (Wildman–Crippen MR) is 111 cm³/mol. The molecule has 0 fully saturated rings. The Morgan fingerprint density at radius 1 is 1.21 bits per heavy atom. The number of amides is 2. The third-order valence-electron chi connectivity index (χ3n) is 4.63. The lowest BCUT2D eigenvalue weighted by atomic mass is 9.94. The van der Waals surface area contributed by atoms with Gasteiger partial charge in [0.1, 0.15) is 11.6 Å². The molecule has 0 bridgehead atoms. The Bertz CT molecular complexity index is 877. The van der Waals surface area contributed by atoms with Gasteiger partial charge in [0.2, 0.25) is 0 Å². The first-order chi connectivity index (χ1) is 13.2. The van der Waals surface area contributed by atoms with Crippen molar-refractivity contribution in [3.8, 4) is 0 Å². The SMILES string of the molecule is C[C@@H](c1ccccc1)N1C(=O)[C@H](NC(=O)OC(C)(C)C)Cc2ccc(Cl)cc21. The highest BCUT2D eigenvalue weighted by Crippen LogP contribution is 2.36. The van der Waals surface area contributed by atoms with Gasteiger partial charge < -0.3 is 15.0 Å². The lowest BCUT2D eigenvalue weighted by molar-refractivity contribution is -0.121. The van der Waals surface area contributed by atoms with E-state index in [1.165, 1.54) is 0 Å². The van der Waals surface area contributed by atoms with Crippen molar-refractivity contribution >= 4 is 29.3 Å². The second-order valence-electron chi connectivity index (χ2n) is 7.97. The molecule has 1 aliphatic heterocycles. The molecule has 148 valence electrons. The lowest BCUT2D eigenvalue weighted by Crippen LogP contribution is -2.54. The number of carbonyl (C=O) groups is 2. The van der Waals surface area contributed by atoms with Crippen molar-refractivity contribution in [2.45, 2.75) is 51.8 Å². The minimum atomic E-state index is -0.699. The van der Waals surface area contributed by atoms with Crippen LogP contribution in [0.5, 0.6) is 0 Å². The fourth-order valence-corrected chi connectivity index (χ4v) is 3.54. The number of nitrogens with one attached hydrogen (secondary N) is 1. The summed E-state index contributed by atoms with van der Waals surface area (Å²) in [6, 6.07) is 14.4. The molecular weight excluding hydrogens is 376 g/mol. The molecule has 1 aliphatic rings. The van der Waals surface area contributed by atoms with Crippen LogP contribution < -0.4 is 10.2 Å². The number of hydrogen-bond acceptors (Lipinski definition) is 3. The first-order valence-electron chi connectivity index (χ1n) is 9.31. The van der Waals surface area contributed by atoms with E-state index in [4.69, 9.17) is 16.3 Å². The normalized spacial score (nSPS) is 17.7. The van der Waals surface area contributed by atoms with Crippen LogP contribution in [0.2, 0.25) is 5.02 Å². The number of rotatable bonds is 3. The van der Waals surface area contributed by atoms with E-state index in [1.807, 2.05) is 43.3 Å². The van der Waals surface area contributed by atoms with Crippen LogP contribution in [0.4, 0.5) is 10.5 Å². The molecule has 3 rings (SSSR count). The van der Waals surface area contributed by atoms with E-state index >= 15 is 0 Å². The Morgan fingerprint density at radius 2 is 1.89 bits per heavy atom. The summed E-state index contributed by atoms with van der Waals surface area (Å²) < 4.78 is 5.33. The fourth-order valence-electron chi connectivity index (χ4n) is 3.37. The van der Waals surface area contributed by atoms with E-state index in [1.54, 1.807) is 37.8 Å². The minimum absolute atomic E-state index is 0.183. The lowest BCUT2D eigenvalue weighted by Gasteiger charge is -2.38. The van der Waals surface area contributed by atoms with Gasteiger partial charge in [-0.25, -0.2) is 4.79 Å². The second-order valence-corrected chi connectivity index (χ2v) is 8.41. The van der Waals surface area contributed by atoms with Crippen molar-refractivity contribution in [3.63, 3.8) is 0 Å². The Kier molecular flexibility index (Phi) is 5.66. The van der Waals surface area contributed by atoms with Gasteiger partial charge in [-0.3, -0.25) is 4.79 Å². The molecule has 0 unspecified atom stereocenters. The monoisotopic (exact) mass is 400 g/mol. The maximum Gasteiger partial charge on any atom is 0.408 e. The molecule has 0 radical (unpaired) electrons. The van der Waals surface area contributed by atoms with Gasteiger partial charge in [-0.2, -0.15) is 0 Å². The zero-order valence-corrected chi connectivity index (χ0v) is 17.3. The molecule has 5 nitrogen and oxygen atoms in total. The van der Waals surface area contributed by atoms with E-state index in [0.717, 1.165) is 16.8 Å². The summed E-state index contributed by atoms with van der Waals surface area (Å²) in [6.45, 7) is 7.33. The molecule has 0 aliphatic carbocycles. The topological polar surface area (TPSA) is 58.6 Å². The van der Waals surface area contributed by atoms with Gasteiger partial charge in [0.15, 0.2) is 0 Å². The molecule has 0 saturated carbocycles. The predicted octanol–water partition coefficient (Wildman–Crippen LogP) is 4.88. The van der Waals surface area contributed by atoms with Gasteiger partial charge >= 0.3 is 6.09 Å². The highest BCUT2D eigenvalue weighted by molar-refractivity contribution is 6.31. The number of anilines is 1.